The first-order chi connectivity index (χ1) is 12.2. The third-order valence-corrected chi connectivity index (χ3v) is 3.83. The van der Waals surface area contributed by atoms with Crippen LogP contribution in [0.15, 0.2) is 67.3 Å². The van der Waals surface area contributed by atoms with Crippen LogP contribution in [0.25, 0.3) is 5.69 Å². The molecule has 3 aromatic rings. The third kappa shape index (κ3) is 3.92. The van der Waals surface area contributed by atoms with Crippen molar-refractivity contribution in [3.05, 3.63) is 84.2 Å². The first-order valence-corrected chi connectivity index (χ1v) is 7.91. The van der Waals surface area contributed by atoms with E-state index < -0.39 is 5.82 Å². The Morgan fingerprint density at radius 1 is 1.20 bits per heavy atom. The van der Waals surface area contributed by atoms with Gasteiger partial charge in [-0.3, -0.25) is 9.78 Å². The van der Waals surface area contributed by atoms with E-state index in [-0.39, 0.29) is 24.6 Å². The number of nitrogens with zero attached hydrogens (tertiary/aromatic N) is 3. The van der Waals surface area contributed by atoms with Gasteiger partial charge in [-0.2, -0.15) is 0 Å². The summed E-state index contributed by atoms with van der Waals surface area (Å²) >= 11 is 0. The maximum absolute atomic E-state index is 14.4. The first kappa shape index (κ1) is 16.9. The number of benzene rings is 1. The predicted octanol–water partition coefficient (Wildman–Crippen LogP) is 2.65. The molecule has 0 saturated heterocycles. The SMILES string of the molecule is O=C(c1ccc(-n2cccc2)c(F)c1)N(CCO)Cc1cccnc1. The van der Waals surface area contributed by atoms with Crippen LogP contribution in [0.1, 0.15) is 15.9 Å². The van der Waals surface area contributed by atoms with Crippen LogP contribution in [0, 0.1) is 5.82 Å². The fraction of sp³-hybridized carbons (Fsp3) is 0.158. The highest BCUT2D eigenvalue weighted by Crippen LogP contribution is 2.17. The van der Waals surface area contributed by atoms with Crippen LogP contribution in [0.5, 0.6) is 0 Å². The zero-order valence-electron chi connectivity index (χ0n) is 13.5. The lowest BCUT2D eigenvalue weighted by Crippen LogP contribution is -2.33. The molecule has 128 valence electrons. The highest BCUT2D eigenvalue weighted by atomic mass is 19.1. The second-order valence-corrected chi connectivity index (χ2v) is 5.57. The second kappa shape index (κ2) is 7.72. The molecule has 0 radical (unpaired) electrons. The Hall–Kier alpha value is -2.99. The molecule has 0 aliphatic carbocycles. The van der Waals surface area contributed by atoms with Crippen molar-refractivity contribution in [2.24, 2.45) is 0 Å². The van der Waals surface area contributed by atoms with Crippen LogP contribution < -0.4 is 0 Å². The van der Waals surface area contributed by atoms with Crippen LogP contribution in [0.2, 0.25) is 0 Å². The van der Waals surface area contributed by atoms with Crippen molar-refractivity contribution < 1.29 is 14.3 Å². The number of halogens is 1. The molecule has 0 unspecified atom stereocenters. The average Bonchev–Trinajstić information content (AvgIpc) is 3.16. The first-order valence-electron chi connectivity index (χ1n) is 7.91. The summed E-state index contributed by atoms with van der Waals surface area (Å²) in [5.74, 6) is -0.816. The molecule has 3 rings (SSSR count). The van der Waals surface area contributed by atoms with Crippen LogP contribution in [0.3, 0.4) is 0 Å². The normalized spacial score (nSPS) is 10.6. The molecule has 0 aliphatic rings. The van der Waals surface area contributed by atoms with Gasteiger partial charge in [-0.25, -0.2) is 4.39 Å². The van der Waals surface area contributed by atoms with Gasteiger partial charge in [-0.15, -0.1) is 0 Å². The molecular weight excluding hydrogens is 321 g/mol. The third-order valence-electron chi connectivity index (χ3n) is 3.83. The van der Waals surface area contributed by atoms with E-state index in [0.29, 0.717) is 12.2 Å². The molecule has 0 atom stereocenters. The Morgan fingerprint density at radius 3 is 2.64 bits per heavy atom. The van der Waals surface area contributed by atoms with Gasteiger partial charge in [0.05, 0.1) is 12.3 Å². The molecular formula is C19H18FN3O2. The van der Waals surface area contributed by atoms with Crippen LogP contribution in [-0.2, 0) is 6.54 Å². The van der Waals surface area contributed by atoms with Crippen molar-refractivity contribution in [3.63, 3.8) is 0 Å². The van der Waals surface area contributed by atoms with Gasteiger partial charge >= 0.3 is 0 Å². The van der Waals surface area contributed by atoms with E-state index >= 15 is 0 Å². The molecule has 1 aromatic carbocycles. The molecule has 6 heteroatoms. The van der Waals surface area contributed by atoms with E-state index in [9.17, 15) is 14.3 Å². The zero-order chi connectivity index (χ0) is 17.6. The summed E-state index contributed by atoms with van der Waals surface area (Å²) in [5.41, 5.74) is 1.46. The minimum atomic E-state index is -0.479. The molecule has 2 heterocycles. The molecule has 1 amide bonds. The van der Waals surface area contributed by atoms with Gasteiger partial charge in [0, 0.05) is 43.4 Å². The molecule has 1 N–H and O–H groups in total. The number of rotatable bonds is 6. The fourth-order valence-electron chi connectivity index (χ4n) is 2.61. The highest BCUT2D eigenvalue weighted by Gasteiger charge is 2.18. The number of hydrogen-bond donors (Lipinski definition) is 1. The van der Waals surface area contributed by atoms with Gasteiger partial charge in [-0.1, -0.05) is 6.07 Å². The lowest BCUT2D eigenvalue weighted by molar-refractivity contribution is 0.0707. The number of aromatic nitrogens is 2. The second-order valence-electron chi connectivity index (χ2n) is 5.57. The Labute approximate surface area is 145 Å². The Bertz CT molecular complexity index is 835. The van der Waals surface area contributed by atoms with E-state index in [1.54, 1.807) is 59.7 Å². The van der Waals surface area contributed by atoms with Crippen molar-refractivity contribution in [2.75, 3.05) is 13.2 Å². The standard InChI is InChI=1S/C19H18FN3O2/c20-17-12-16(5-6-18(17)22-8-1-2-9-22)19(25)23(10-11-24)14-15-4-3-7-21-13-15/h1-9,12-13,24H,10-11,14H2. The molecule has 25 heavy (non-hydrogen) atoms. The van der Waals surface area contributed by atoms with Gasteiger partial charge in [-0.05, 0) is 42.0 Å². The molecule has 2 aromatic heterocycles. The molecule has 0 bridgehead atoms. The van der Waals surface area contributed by atoms with E-state index in [1.807, 2.05) is 6.07 Å². The summed E-state index contributed by atoms with van der Waals surface area (Å²) in [6.07, 6.45) is 6.78. The van der Waals surface area contributed by atoms with Gasteiger partial charge in [0.1, 0.15) is 5.82 Å². The van der Waals surface area contributed by atoms with Gasteiger partial charge in [0.25, 0.3) is 5.91 Å². The number of hydrogen-bond acceptors (Lipinski definition) is 3. The van der Waals surface area contributed by atoms with Crippen molar-refractivity contribution in [1.82, 2.24) is 14.5 Å². The number of aliphatic hydroxyl groups excluding tert-OH is 1. The van der Waals surface area contributed by atoms with Crippen LogP contribution in [-0.4, -0.2) is 38.6 Å². The quantitative estimate of drug-likeness (QED) is 0.751. The summed E-state index contributed by atoms with van der Waals surface area (Å²) in [6, 6.07) is 11.6. The summed E-state index contributed by atoms with van der Waals surface area (Å²) in [6.45, 7) is 0.291. The van der Waals surface area contributed by atoms with Crippen LogP contribution >= 0.6 is 0 Å². The van der Waals surface area contributed by atoms with Gasteiger partial charge < -0.3 is 14.6 Å². The lowest BCUT2D eigenvalue weighted by atomic mass is 10.1. The topological polar surface area (TPSA) is 58.4 Å². The molecule has 5 nitrogen and oxygen atoms in total. The van der Waals surface area contributed by atoms with E-state index in [4.69, 9.17) is 0 Å². The van der Waals surface area contributed by atoms with E-state index in [1.165, 1.54) is 11.0 Å². The smallest absolute Gasteiger partial charge is 0.254 e. The zero-order valence-corrected chi connectivity index (χ0v) is 13.5. The largest absolute Gasteiger partial charge is 0.395 e. The number of carbonyl (C=O) groups is 1. The van der Waals surface area contributed by atoms with E-state index in [2.05, 4.69) is 4.98 Å². The number of amides is 1. The number of carbonyl (C=O) groups excluding carboxylic acids is 1. The predicted molar refractivity (Wildman–Crippen MR) is 91.8 cm³/mol. The summed E-state index contributed by atoms with van der Waals surface area (Å²) in [4.78, 5) is 18.2. The Morgan fingerprint density at radius 2 is 2.00 bits per heavy atom. The minimum absolute atomic E-state index is 0.161. The van der Waals surface area contributed by atoms with E-state index in [0.717, 1.165) is 5.56 Å². The fourth-order valence-corrected chi connectivity index (χ4v) is 2.61. The Kier molecular flexibility index (Phi) is 5.20. The summed E-state index contributed by atoms with van der Waals surface area (Å²) < 4.78 is 16.0. The minimum Gasteiger partial charge on any atom is -0.395 e. The molecule has 0 spiro atoms. The lowest BCUT2D eigenvalue weighted by Gasteiger charge is -2.22. The van der Waals surface area contributed by atoms with Crippen molar-refractivity contribution in [3.8, 4) is 5.69 Å². The monoisotopic (exact) mass is 339 g/mol. The molecule has 0 fully saturated rings. The highest BCUT2D eigenvalue weighted by molar-refractivity contribution is 5.94. The van der Waals surface area contributed by atoms with Gasteiger partial charge in [0.2, 0.25) is 0 Å². The van der Waals surface area contributed by atoms with Crippen molar-refractivity contribution >= 4 is 5.91 Å². The maximum atomic E-state index is 14.4. The van der Waals surface area contributed by atoms with Crippen LogP contribution in [0.4, 0.5) is 4.39 Å². The molecule has 0 aliphatic heterocycles. The Balaban J connectivity index is 1.83. The summed E-state index contributed by atoms with van der Waals surface area (Å²) in [7, 11) is 0. The summed E-state index contributed by atoms with van der Waals surface area (Å²) in [5, 5.41) is 9.25. The number of pyridine rings is 1. The number of aliphatic hydroxyl groups is 1. The molecule has 0 saturated carbocycles. The maximum Gasteiger partial charge on any atom is 0.254 e. The van der Waals surface area contributed by atoms with Crippen molar-refractivity contribution in [1.29, 1.82) is 0 Å². The van der Waals surface area contributed by atoms with Gasteiger partial charge in [0.15, 0.2) is 0 Å². The van der Waals surface area contributed by atoms with Crippen molar-refractivity contribution in [2.45, 2.75) is 6.54 Å². The average molecular weight is 339 g/mol.